The lowest BCUT2D eigenvalue weighted by Gasteiger charge is -2.22. The molecule has 7 nitrogen and oxygen atoms in total. The standard InChI is InChI=1S/C13H22N4O3/c1-12(2,14)7-15-9(18)6-17-10(19)13(3,8-4-5-8)16-11(17)20/h8H,4-7,14H2,1-3H3,(H,15,18)(H,16,20). The highest BCUT2D eigenvalue weighted by Gasteiger charge is 2.56. The van der Waals surface area contributed by atoms with Crippen LogP contribution in [0.5, 0.6) is 0 Å². The van der Waals surface area contributed by atoms with Gasteiger partial charge >= 0.3 is 6.03 Å². The van der Waals surface area contributed by atoms with Crippen molar-refractivity contribution in [2.45, 2.75) is 44.7 Å². The second kappa shape index (κ2) is 4.73. The second-order valence-corrected chi connectivity index (χ2v) is 6.56. The van der Waals surface area contributed by atoms with Crippen molar-refractivity contribution in [2.24, 2.45) is 11.7 Å². The molecule has 4 amide bonds. The van der Waals surface area contributed by atoms with E-state index in [1.807, 2.05) is 0 Å². The predicted octanol–water partition coefficient (Wildman–Crippen LogP) is -0.440. The molecule has 7 heteroatoms. The third-order valence-corrected chi connectivity index (χ3v) is 3.74. The maximum absolute atomic E-state index is 12.3. The Balaban J connectivity index is 1.94. The fourth-order valence-corrected chi connectivity index (χ4v) is 2.32. The lowest BCUT2D eigenvalue weighted by atomic mass is 9.96. The van der Waals surface area contributed by atoms with Crippen molar-refractivity contribution < 1.29 is 14.4 Å². The summed E-state index contributed by atoms with van der Waals surface area (Å²) in [7, 11) is 0. The lowest BCUT2D eigenvalue weighted by molar-refractivity contribution is -0.135. The van der Waals surface area contributed by atoms with Gasteiger partial charge in [0.25, 0.3) is 5.91 Å². The number of nitrogens with zero attached hydrogens (tertiary/aromatic N) is 1. The molecule has 1 unspecified atom stereocenters. The molecule has 1 aliphatic carbocycles. The van der Waals surface area contributed by atoms with Crippen LogP contribution in [0.2, 0.25) is 0 Å². The molecule has 2 rings (SSSR count). The number of urea groups is 1. The van der Waals surface area contributed by atoms with Crippen molar-refractivity contribution in [2.75, 3.05) is 13.1 Å². The number of carbonyl (C=O) groups excluding carboxylic acids is 3. The number of nitrogens with one attached hydrogen (secondary N) is 2. The fourth-order valence-electron chi connectivity index (χ4n) is 2.32. The number of nitrogens with two attached hydrogens (primary N) is 1. The van der Waals surface area contributed by atoms with E-state index >= 15 is 0 Å². The average molecular weight is 282 g/mol. The van der Waals surface area contributed by atoms with Gasteiger partial charge in [0.05, 0.1) is 0 Å². The number of amides is 4. The predicted molar refractivity (Wildman–Crippen MR) is 72.6 cm³/mol. The summed E-state index contributed by atoms with van der Waals surface area (Å²) in [6.45, 7) is 5.32. The SMILES string of the molecule is CC(C)(N)CNC(=O)CN1C(=O)NC(C)(C2CC2)C1=O. The van der Waals surface area contributed by atoms with Gasteiger partial charge in [-0.05, 0) is 39.5 Å². The molecule has 0 aromatic carbocycles. The molecule has 4 N–H and O–H groups in total. The summed E-state index contributed by atoms with van der Waals surface area (Å²) in [5.74, 6) is -0.505. The molecule has 1 saturated carbocycles. The van der Waals surface area contributed by atoms with Crippen molar-refractivity contribution in [3.63, 3.8) is 0 Å². The number of hydrogen-bond donors (Lipinski definition) is 3. The molecule has 1 heterocycles. The lowest BCUT2D eigenvalue weighted by Crippen LogP contribution is -2.49. The second-order valence-electron chi connectivity index (χ2n) is 6.56. The van der Waals surface area contributed by atoms with E-state index in [-0.39, 0.29) is 30.8 Å². The summed E-state index contributed by atoms with van der Waals surface area (Å²) >= 11 is 0. The minimum absolute atomic E-state index is 0.190. The molecule has 1 atom stereocenters. The summed E-state index contributed by atoms with van der Waals surface area (Å²) in [4.78, 5) is 36.9. The third kappa shape index (κ3) is 2.92. The highest BCUT2D eigenvalue weighted by Crippen LogP contribution is 2.42. The van der Waals surface area contributed by atoms with Crippen molar-refractivity contribution in [3.8, 4) is 0 Å². The number of rotatable bonds is 5. The molecular formula is C13H22N4O3. The van der Waals surface area contributed by atoms with Crippen molar-refractivity contribution >= 4 is 17.8 Å². The van der Waals surface area contributed by atoms with Crippen LogP contribution in [0.25, 0.3) is 0 Å². The van der Waals surface area contributed by atoms with E-state index < -0.39 is 17.1 Å². The topological polar surface area (TPSA) is 105 Å². The molecule has 0 spiro atoms. The van der Waals surface area contributed by atoms with Crippen LogP contribution in [0.4, 0.5) is 4.79 Å². The van der Waals surface area contributed by atoms with Crippen LogP contribution >= 0.6 is 0 Å². The van der Waals surface area contributed by atoms with E-state index in [0.717, 1.165) is 17.7 Å². The summed E-state index contributed by atoms with van der Waals surface area (Å²) in [6, 6.07) is -0.494. The molecular weight excluding hydrogens is 260 g/mol. The van der Waals surface area contributed by atoms with E-state index in [9.17, 15) is 14.4 Å². The third-order valence-electron chi connectivity index (χ3n) is 3.74. The Morgan fingerprint density at radius 1 is 1.50 bits per heavy atom. The molecule has 0 aromatic rings. The molecule has 1 aliphatic heterocycles. The van der Waals surface area contributed by atoms with E-state index in [1.54, 1.807) is 20.8 Å². The van der Waals surface area contributed by atoms with Gasteiger partial charge in [-0.1, -0.05) is 0 Å². The molecule has 1 saturated heterocycles. The van der Waals surface area contributed by atoms with Gasteiger partial charge in [-0.2, -0.15) is 0 Å². The zero-order chi connectivity index (χ0) is 15.1. The van der Waals surface area contributed by atoms with Gasteiger partial charge in [0.15, 0.2) is 0 Å². The summed E-state index contributed by atoms with van der Waals surface area (Å²) in [5, 5.41) is 5.33. The fraction of sp³-hybridized carbons (Fsp3) is 0.769. The van der Waals surface area contributed by atoms with Gasteiger partial charge in [0, 0.05) is 12.1 Å². The molecule has 20 heavy (non-hydrogen) atoms. The molecule has 0 radical (unpaired) electrons. The largest absolute Gasteiger partial charge is 0.353 e. The zero-order valence-electron chi connectivity index (χ0n) is 12.2. The van der Waals surface area contributed by atoms with Gasteiger partial charge in [-0.3, -0.25) is 14.5 Å². The van der Waals surface area contributed by atoms with Crippen LogP contribution in [-0.2, 0) is 9.59 Å². The Morgan fingerprint density at radius 3 is 2.60 bits per heavy atom. The summed E-state index contributed by atoms with van der Waals surface area (Å²) in [5.41, 5.74) is 4.39. The van der Waals surface area contributed by atoms with Gasteiger partial charge in [-0.15, -0.1) is 0 Å². The maximum atomic E-state index is 12.3. The van der Waals surface area contributed by atoms with Gasteiger partial charge < -0.3 is 16.4 Å². The molecule has 2 fully saturated rings. The number of imide groups is 1. The van der Waals surface area contributed by atoms with E-state index in [2.05, 4.69) is 10.6 Å². The van der Waals surface area contributed by atoms with Crippen molar-refractivity contribution in [3.05, 3.63) is 0 Å². The average Bonchev–Trinajstić information content (AvgIpc) is 3.12. The maximum Gasteiger partial charge on any atom is 0.325 e. The smallest absolute Gasteiger partial charge is 0.325 e. The van der Waals surface area contributed by atoms with Gasteiger partial charge in [0.2, 0.25) is 5.91 Å². The van der Waals surface area contributed by atoms with Crippen molar-refractivity contribution in [1.82, 2.24) is 15.5 Å². The first kappa shape index (κ1) is 14.8. The molecule has 2 aliphatic rings. The van der Waals surface area contributed by atoms with Crippen LogP contribution in [0.15, 0.2) is 0 Å². The highest BCUT2D eigenvalue weighted by molar-refractivity contribution is 6.09. The van der Waals surface area contributed by atoms with Crippen LogP contribution in [-0.4, -0.2) is 46.9 Å². The van der Waals surface area contributed by atoms with Gasteiger partial charge in [0.1, 0.15) is 12.1 Å². The number of carbonyl (C=O) groups is 3. The quantitative estimate of drug-likeness (QED) is 0.595. The van der Waals surface area contributed by atoms with E-state index in [1.165, 1.54) is 0 Å². The minimum atomic E-state index is -0.843. The van der Waals surface area contributed by atoms with E-state index in [4.69, 9.17) is 5.73 Å². The van der Waals surface area contributed by atoms with E-state index in [0.29, 0.717) is 0 Å². The van der Waals surface area contributed by atoms with Crippen LogP contribution in [0.3, 0.4) is 0 Å². The number of hydrogen-bond acceptors (Lipinski definition) is 4. The first-order chi connectivity index (χ1) is 9.13. The first-order valence-corrected chi connectivity index (χ1v) is 6.83. The normalized spacial score (nSPS) is 26.7. The zero-order valence-corrected chi connectivity index (χ0v) is 12.2. The van der Waals surface area contributed by atoms with Crippen LogP contribution in [0, 0.1) is 5.92 Å². The van der Waals surface area contributed by atoms with Gasteiger partial charge in [-0.25, -0.2) is 4.79 Å². The minimum Gasteiger partial charge on any atom is -0.353 e. The Bertz CT molecular complexity index is 453. The highest BCUT2D eigenvalue weighted by atomic mass is 16.2. The Hall–Kier alpha value is -1.63. The van der Waals surface area contributed by atoms with Crippen molar-refractivity contribution in [1.29, 1.82) is 0 Å². The Kier molecular flexibility index (Phi) is 3.49. The molecule has 112 valence electrons. The van der Waals surface area contributed by atoms with Crippen LogP contribution in [0.1, 0.15) is 33.6 Å². The summed E-state index contributed by atoms with van der Waals surface area (Å²) < 4.78 is 0. The molecule has 0 aromatic heterocycles. The Morgan fingerprint density at radius 2 is 2.10 bits per heavy atom. The molecule has 0 bridgehead atoms. The Labute approximate surface area is 118 Å². The summed E-state index contributed by atoms with van der Waals surface area (Å²) in [6.07, 6.45) is 1.87. The van der Waals surface area contributed by atoms with Crippen LogP contribution < -0.4 is 16.4 Å². The monoisotopic (exact) mass is 282 g/mol. The first-order valence-electron chi connectivity index (χ1n) is 6.83.